The molecule has 3 aromatic heterocycles. The molecular weight excluding hydrogens is 356 g/mol. The molecule has 0 saturated carbocycles. The van der Waals surface area contributed by atoms with Crippen molar-refractivity contribution in [2.75, 3.05) is 25.2 Å². The van der Waals surface area contributed by atoms with Crippen LogP contribution in [0.15, 0.2) is 36.9 Å². The van der Waals surface area contributed by atoms with Gasteiger partial charge in [0.25, 0.3) is 0 Å². The molecule has 146 valence electrons. The molecule has 0 aromatic carbocycles. The molecule has 9 nitrogen and oxygen atoms in total. The Hall–Kier alpha value is -3.46. The van der Waals surface area contributed by atoms with Crippen molar-refractivity contribution < 1.29 is 4.74 Å². The SMILES string of the molecule is CN/C=C(\C=N)c1cnc(N)c(N[C@@H](C)c2ccc3ncc(COC)n3c2)n1. The fraction of sp³-hybridized carbons (Fsp3) is 0.263. The topological polar surface area (TPSA) is 126 Å². The Balaban J connectivity index is 1.89. The second kappa shape index (κ2) is 8.49. The third-order valence-corrected chi connectivity index (χ3v) is 4.30. The molecule has 0 unspecified atom stereocenters. The van der Waals surface area contributed by atoms with Crippen LogP contribution in [-0.4, -0.2) is 39.7 Å². The largest absolute Gasteiger partial charge is 0.393 e. The number of allylic oxidation sites excluding steroid dienone is 1. The lowest BCUT2D eigenvalue weighted by molar-refractivity contribution is 0.181. The molecule has 0 bridgehead atoms. The van der Waals surface area contributed by atoms with E-state index >= 15 is 0 Å². The van der Waals surface area contributed by atoms with Crippen molar-refractivity contribution in [3.8, 4) is 0 Å². The monoisotopic (exact) mass is 380 g/mol. The summed E-state index contributed by atoms with van der Waals surface area (Å²) in [5.41, 5.74) is 10.0. The van der Waals surface area contributed by atoms with Crippen LogP contribution in [0.5, 0.6) is 0 Å². The minimum absolute atomic E-state index is 0.0780. The molecule has 0 aliphatic carbocycles. The van der Waals surface area contributed by atoms with Crippen LogP contribution in [0.2, 0.25) is 0 Å². The molecule has 0 aliphatic heterocycles. The molecule has 0 aliphatic rings. The standard InChI is InChI=1S/C19H24N8O/c1-12(13-4-5-17-23-8-15(11-28-3)27(17)10-13)25-19-18(21)24-9-16(26-19)14(6-20)7-22-2/h4-10,12,20,22H,11H2,1-3H3,(H2,21,24)(H,25,26)/b14-7+,20-6?/t12-/m0/s1. The third kappa shape index (κ3) is 3.94. The number of fused-ring (bicyclic) bond motifs is 1. The maximum atomic E-state index is 7.55. The second-order valence-electron chi connectivity index (χ2n) is 6.26. The summed E-state index contributed by atoms with van der Waals surface area (Å²) < 4.78 is 7.24. The molecule has 0 spiro atoms. The van der Waals surface area contributed by atoms with E-state index in [1.54, 1.807) is 32.8 Å². The minimum atomic E-state index is -0.0780. The van der Waals surface area contributed by atoms with E-state index in [-0.39, 0.29) is 6.04 Å². The van der Waals surface area contributed by atoms with Crippen LogP contribution in [-0.2, 0) is 11.3 Å². The van der Waals surface area contributed by atoms with E-state index in [0.717, 1.165) is 16.9 Å². The summed E-state index contributed by atoms with van der Waals surface area (Å²) in [5.74, 6) is 0.768. The summed E-state index contributed by atoms with van der Waals surface area (Å²) in [4.78, 5) is 13.1. The number of nitrogens with two attached hydrogens (primary N) is 1. The van der Waals surface area contributed by atoms with Crippen LogP contribution in [0.25, 0.3) is 11.2 Å². The first-order chi connectivity index (χ1) is 13.6. The molecule has 28 heavy (non-hydrogen) atoms. The Bertz CT molecular complexity index is 1010. The maximum absolute atomic E-state index is 7.55. The van der Waals surface area contributed by atoms with E-state index in [1.165, 1.54) is 6.21 Å². The average Bonchev–Trinajstić information content (AvgIpc) is 3.10. The first-order valence-corrected chi connectivity index (χ1v) is 8.79. The van der Waals surface area contributed by atoms with Crippen LogP contribution in [0, 0.1) is 5.41 Å². The highest BCUT2D eigenvalue weighted by Crippen LogP contribution is 2.23. The third-order valence-electron chi connectivity index (χ3n) is 4.30. The lowest BCUT2D eigenvalue weighted by atomic mass is 10.1. The van der Waals surface area contributed by atoms with E-state index in [2.05, 4.69) is 25.6 Å². The van der Waals surface area contributed by atoms with Gasteiger partial charge in [0.1, 0.15) is 5.65 Å². The Morgan fingerprint density at radius 3 is 2.89 bits per heavy atom. The van der Waals surface area contributed by atoms with Gasteiger partial charge in [0.2, 0.25) is 0 Å². The maximum Gasteiger partial charge on any atom is 0.170 e. The molecule has 0 fully saturated rings. The van der Waals surface area contributed by atoms with Crippen molar-refractivity contribution in [2.45, 2.75) is 19.6 Å². The van der Waals surface area contributed by atoms with Gasteiger partial charge in [-0.3, -0.25) is 0 Å². The van der Waals surface area contributed by atoms with Crippen molar-refractivity contribution in [2.24, 2.45) is 0 Å². The zero-order chi connectivity index (χ0) is 20.1. The number of imidazole rings is 1. The average molecular weight is 380 g/mol. The molecule has 9 heteroatoms. The summed E-state index contributed by atoms with van der Waals surface area (Å²) in [7, 11) is 3.42. The summed E-state index contributed by atoms with van der Waals surface area (Å²) in [6.07, 6.45) is 8.28. The lowest BCUT2D eigenvalue weighted by Crippen LogP contribution is -2.13. The zero-order valence-electron chi connectivity index (χ0n) is 16.1. The van der Waals surface area contributed by atoms with Gasteiger partial charge in [-0.2, -0.15) is 0 Å². The number of anilines is 2. The van der Waals surface area contributed by atoms with Crippen molar-refractivity contribution in [1.82, 2.24) is 24.7 Å². The Kier molecular flexibility index (Phi) is 5.85. The van der Waals surface area contributed by atoms with Gasteiger partial charge in [-0.15, -0.1) is 0 Å². The van der Waals surface area contributed by atoms with Crippen molar-refractivity contribution in [3.63, 3.8) is 0 Å². The molecule has 3 heterocycles. The van der Waals surface area contributed by atoms with Crippen LogP contribution in [0.4, 0.5) is 11.6 Å². The number of hydrogen-bond donors (Lipinski definition) is 4. The predicted octanol–water partition coefficient (Wildman–Crippen LogP) is 2.24. The van der Waals surface area contributed by atoms with E-state index in [0.29, 0.717) is 29.5 Å². The molecule has 3 aromatic rings. The number of rotatable bonds is 8. The van der Waals surface area contributed by atoms with Gasteiger partial charge in [-0.1, -0.05) is 6.07 Å². The normalized spacial score (nSPS) is 12.8. The fourth-order valence-corrected chi connectivity index (χ4v) is 2.84. The highest BCUT2D eigenvalue weighted by atomic mass is 16.5. The second-order valence-corrected chi connectivity index (χ2v) is 6.26. The summed E-state index contributed by atoms with van der Waals surface area (Å²) in [5, 5.41) is 13.8. The Morgan fingerprint density at radius 2 is 2.18 bits per heavy atom. The highest BCUT2D eigenvalue weighted by molar-refractivity contribution is 6.07. The Morgan fingerprint density at radius 1 is 1.36 bits per heavy atom. The molecular formula is C19H24N8O. The smallest absolute Gasteiger partial charge is 0.170 e. The number of aromatic nitrogens is 4. The quantitative estimate of drug-likeness (QED) is 0.441. The van der Waals surface area contributed by atoms with Gasteiger partial charge in [-0.25, -0.2) is 15.0 Å². The van der Waals surface area contributed by atoms with Crippen molar-refractivity contribution in [1.29, 1.82) is 5.41 Å². The van der Waals surface area contributed by atoms with Crippen molar-refractivity contribution in [3.05, 3.63) is 53.9 Å². The number of nitrogens with zero attached hydrogens (tertiary/aromatic N) is 4. The van der Waals surface area contributed by atoms with Crippen LogP contribution in [0.3, 0.4) is 0 Å². The number of methoxy groups -OCH3 is 1. The summed E-state index contributed by atoms with van der Waals surface area (Å²) >= 11 is 0. The van der Waals surface area contributed by atoms with E-state index in [4.69, 9.17) is 15.9 Å². The number of hydrogen-bond acceptors (Lipinski definition) is 8. The minimum Gasteiger partial charge on any atom is -0.393 e. The van der Waals surface area contributed by atoms with E-state index < -0.39 is 0 Å². The number of pyridine rings is 1. The summed E-state index contributed by atoms with van der Waals surface area (Å²) in [6, 6.07) is 3.89. The molecule has 0 saturated heterocycles. The highest BCUT2D eigenvalue weighted by Gasteiger charge is 2.13. The van der Waals surface area contributed by atoms with Gasteiger partial charge >= 0.3 is 0 Å². The molecule has 5 N–H and O–H groups in total. The number of ether oxygens (including phenoxy) is 1. The predicted molar refractivity (Wildman–Crippen MR) is 110 cm³/mol. The zero-order valence-corrected chi connectivity index (χ0v) is 16.1. The van der Waals surface area contributed by atoms with Crippen LogP contribution < -0.4 is 16.4 Å². The Labute approximate surface area is 163 Å². The first kappa shape index (κ1) is 19.3. The van der Waals surface area contributed by atoms with Crippen LogP contribution >= 0.6 is 0 Å². The van der Waals surface area contributed by atoms with Gasteiger partial charge in [0.05, 0.1) is 36.4 Å². The summed E-state index contributed by atoms with van der Waals surface area (Å²) in [6.45, 7) is 2.50. The number of nitrogen functional groups attached to an aromatic ring is 1. The van der Waals surface area contributed by atoms with Gasteiger partial charge < -0.3 is 30.9 Å². The van der Waals surface area contributed by atoms with E-state index in [9.17, 15) is 0 Å². The van der Waals surface area contributed by atoms with E-state index in [1.807, 2.05) is 29.7 Å². The fourth-order valence-electron chi connectivity index (χ4n) is 2.84. The first-order valence-electron chi connectivity index (χ1n) is 8.79. The molecule has 3 rings (SSSR count). The van der Waals surface area contributed by atoms with Crippen molar-refractivity contribution >= 4 is 29.1 Å². The van der Waals surface area contributed by atoms with Crippen LogP contribution in [0.1, 0.15) is 29.9 Å². The number of nitrogens with one attached hydrogen (secondary N) is 3. The van der Waals surface area contributed by atoms with Gasteiger partial charge in [0.15, 0.2) is 11.6 Å². The molecule has 0 radical (unpaired) electrons. The van der Waals surface area contributed by atoms with Gasteiger partial charge in [-0.05, 0) is 18.6 Å². The molecule has 1 atom stereocenters. The lowest BCUT2D eigenvalue weighted by Gasteiger charge is -2.17. The van der Waals surface area contributed by atoms with Gasteiger partial charge in [0, 0.05) is 38.3 Å². The molecule has 0 amide bonds.